The van der Waals surface area contributed by atoms with Crippen molar-refractivity contribution in [1.82, 2.24) is 5.32 Å². The van der Waals surface area contributed by atoms with Gasteiger partial charge in [0.15, 0.2) is 0 Å². The van der Waals surface area contributed by atoms with Gasteiger partial charge < -0.3 is 4.74 Å². The fraction of sp³-hybridized carbons (Fsp3) is 0.312. The number of esters is 1. The van der Waals surface area contributed by atoms with Gasteiger partial charge in [-0.05, 0) is 48.6 Å². The Kier molecular flexibility index (Phi) is 5.47. The Hall–Kier alpha value is -1.72. The molecule has 21 heavy (non-hydrogen) atoms. The van der Waals surface area contributed by atoms with Gasteiger partial charge in [0.1, 0.15) is 11.9 Å². The van der Waals surface area contributed by atoms with E-state index in [9.17, 15) is 9.18 Å². The van der Waals surface area contributed by atoms with E-state index in [-0.39, 0.29) is 11.8 Å². The van der Waals surface area contributed by atoms with E-state index >= 15 is 0 Å². The number of ether oxygens (including phenoxy) is 1. The van der Waals surface area contributed by atoms with Crippen LogP contribution in [0.5, 0.6) is 0 Å². The predicted octanol–water partition coefficient (Wildman–Crippen LogP) is 3.59. The number of nitrogens with one attached hydrogen (secondary N) is 1. The average molecular weight is 307 g/mol. The smallest absolute Gasteiger partial charge is 0.327 e. The molecule has 0 aliphatic carbocycles. The van der Waals surface area contributed by atoms with Crippen LogP contribution < -0.4 is 5.32 Å². The molecule has 3 nitrogen and oxygen atoms in total. The Morgan fingerprint density at radius 2 is 2.24 bits per heavy atom. The van der Waals surface area contributed by atoms with Gasteiger partial charge in [0.05, 0.1) is 6.61 Å². The first-order chi connectivity index (χ1) is 10.1. The summed E-state index contributed by atoms with van der Waals surface area (Å²) in [6, 6.07) is 7.72. The van der Waals surface area contributed by atoms with Crippen LogP contribution in [-0.4, -0.2) is 12.6 Å². The zero-order chi connectivity index (χ0) is 15.2. The van der Waals surface area contributed by atoms with Crippen LogP contribution in [-0.2, 0) is 16.1 Å². The third-order valence-corrected chi connectivity index (χ3v) is 4.01. The number of hydrogen-bond acceptors (Lipinski definition) is 4. The summed E-state index contributed by atoms with van der Waals surface area (Å²) in [7, 11) is 0. The molecule has 0 saturated carbocycles. The highest BCUT2D eigenvalue weighted by atomic mass is 32.1. The van der Waals surface area contributed by atoms with Crippen LogP contribution in [0.1, 0.15) is 29.0 Å². The summed E-state index contributed by atoms with van der Waals surface area (Å²) in [6.07, 6.45) is 0. The first kappa shape index (κ1) is 15.7. The molecule has 0 saturated heterocycles. The second-order valence-corrected chi connectivity index (χ2v) is 5.68. The molecule has 112 valence electrons. The molecule has 1 atom stereocenters. The van der Waals surface area contributed by atoms with Crippen molar-refractivity contribution in [3.8, 4) is 0 Å². The van der Waals surface area contributed by atoms with Gasteiger partial charge in [0.25, 0.3) is 0 Å². The molecule has 1 aromatic heterocycles. The quantitative estimate of drug-likeness (QED) is 0.829. The summed E-state index contributed by atoms with van der Waals surface area (Å²) in [6.45, 7) is 4.45. The van der Waals surface area contributed by atoms with Crippen molar-refractivity contribution < 1.29 is 13.9 Å². The highest BCUT2D eigenvalue weighted by molar-refractivity contribution is 7.09. The van der Waals surface area contributed by atoms with Gasteiger partial charge in [0, 0.05) is 11.4 Å². The lowest BCUT2D eigenvalue weighted by atomic mass is 10.0. The van der Waals surface area contributed by atoms with Gasteiger partial charge in [-0.25, -0.2) is 9.18 Å². The molecule has 1 heterocycles. The van der Waals surface area contributed by atoms with Crippen molar-refractivity contribution in [2.24, 2.45) is 0 Å². The second-order valence-electron chi connectivity index (χ2n) is 4.65. The maximum Gasteiger partial charge on any atom is 0.327 e. The van der Waals surface area contributed by atoms with Crippen LogP contribution in [0.4, 0.5) is 4.39 Å². The van der Waals surface area contributed by atoms with Crippen molar-refractivity contribution in [3.05, 3.63) is 57.5 Å². The molecule has 1 unspecified atom stereocenters. The zero-order valence-corrected chi connectivity index (χ0v) is 12.9. The fourth-order valence-electron chi connectivity index (χ4n) is 2.08. The van der Waals surface area contributed by atoms with Gasteiger partial charge >= 0.3 is 5.97 Å². The fourth-order valence-corrected chi connectivity index (χ4v) is 2.74. The van der Waals surface area contributed by atoms with E-state index in [4.69, 9.17) is 4.74 Å². The monoisotopic (exact) mass is 307 g/mol. The molecule has 1 aromatic carbocycles. The molecule has 0 aliphatic rings. The van der Waals surface area contributed by atoms with Crippen LogP contribution >= 0.6 is 11.3 Å². The summed E-state index contributed by atoms with van der Waals surface area (Å²) in [4.78, 5) is 13.3. The van der Waals surface area contributed by atoms with Gasteiger partial charge in [-0.15, -0.1) is 11.3 Å². The molecule has 2 rings (SSSR count). The highest BCUT2D eigenvalue weighted by Gasteiger charge is 2.23. The van der Waals surface area contributed by atoms with Crippen LogP contribution in [0.15, 0.2) is 35.7 Å². The van der Waals surface area contributed by atoms with Crippen LogP contribution in [0, 0.1) is 12.7 Å². The number of carbonyl (C=O) groups is 1. The highest BCUT2D eigenvalue weighted by Crippen LogP contribution is 2.21. The summed E-state index contributed by atoms with van der Waals surface area (Å²) in [5.41, 5.74) is 1.47. The maximum atomic E-state index is 13.5. The minimum Gasteiger partial charge on any atom is -0.465 e. The number of halogens is 1. The van der Waals surface area contributed by atoms with E-state index in [0.717, 1.165) is 10.4 Å². The standard InChI is InChI=1S/C16H18FNO2S/c1-3-20-16(19)15(18-10-13-5-4-8-21-13)14-9-12(17)7-6-11(14)2/h4-9,15,18H,3,10H2,1-2H3. The summed E-state index contributed by atoms with van der Waals surface area (Å²) in [5.74, 6) is -0.745. The molecular formula is C16H18FNO2S. The van der Waals surface area contributed by atoms with Crippen LogP contribution in [0.3, 0.4) is 0 Å². The third kappa shape index (κ3) is 4.12. The molecule has 0 bridgehead atoms. The lowest BCUT2D eigenvalue weighted by Gasteiger charge is -2.19. The zero-order valence-electron chi connectivity index (χ0n) is 12.1. The lowest BCUT2D eigenvalue weighted by molar-refractivity contribution is -0.145. The largest absolute Gasteiger partial charge is 0.465 e. The van der Waals surface area contributed by atoms with Crippen LogP contribution in [0.2, 0.25) is 0 Å². The number of aryl methyl sites for hydroxylation is 1. The Morgan fingerprint density at radius 1 is 1.43 bits per heavy atom. The van der Waals surface area contributed by atoms with E-state index in [0.29, 0.717) is 18.7 Å². The molecule has 0 amide bonds. The Morgan fingerprint density at radius 3 is 2.90 bits per heavy atom. The van der Waals surface area contributed by atoms with E-state index < -0.39 is 6.04 Å². The topological polar surface area (TPSA) is 38.3 Å². The molecular weight excluding hydrogens is 289 g/mol. The van der Waals surface area contributed by atoms with Crippen molar-refractivity contribution in [2.45, 2.75) is 26.4 Å². The van der Waals surface area contributed by atoms with Crippen molar-refractivity contribution in [2.75, 3.05) is 6.61 Å². The molecule has 1 N–H and O–H groups in total. The van der Waals surface area contributed by atoms with E-state index in [1.54, 1.807) is 24.3 Å². The number of benzene rings is 1. The molecule has 0 spiro atoms. The van der Waals surface area contributed by atoms with E-state index in [1.165, 1.54) is 12.1 Å². The van der Waals surface area contributed by atoms with Gasteiger partial charge in [-0.1, -0.05) is 12.1 Å². The summed E-state index contributed by atoms with van der Waals surface area (Å²) in [5, 5.41) is 5.14. The first-order valence-corrected chi connectivity index (χ1v) is 7.68. The molecule has 0 aliphatic heterocycles. The molecule has 5 heteroatoms. The Balaban J connectivity index is 2.22. The minimum atomic E-state index is -0.664. The van der Waals surface area contributed by atoms with Gasteiger partial charge in [0.2, 0.25) is 0 Å². The molecule has 2 aromatic rings. The summed E-state index contributed by atoms with van der Waals surface area (Å²) >= 11 is 1.60. The van der Waals surface area contributed by atoms with E-state index in [1.807, 2.05) is 24.4 Å². The number of hydrogen-bond donors (Lipinski definition) is 1. The lowest BCUT2D eigenvalue weighted by Crippen LogP contribution is -2.30. The van der Waals surface area contributed by atoms with Gasteiger partial charge in [-0.3, -0.25) is 5.32 Å². The molecule has 0 radical (unpaired) electrons. The van der Waals surface area contributed by atoms with E-state index in [2.05, 4.69) is 5.32 Å². The number of carbonyl (C=O) groups excluding carboxylic acids is 1. The second kappa shape index (κ2) is 7.33. The minimum absolute atomic E-state index is 0.296. The Labute approximate surface area is 127 Å². The van der Waals surface area contributed by atoms with Crippen molar-refractivity contribution in [1.29, 1.82) is 0 Å². The number of thiophene rings is 1. The SMILES string of the molecule is CCOC(=O)C(NCc1cccs1)c1cc(F)ccc1C. The predicted molar refractivity (Wildman–Crippen MR) is 81.7 cm³/mol. The third-order valence-electron chi connectivity index (χ3n) is 3.14. The van der Waals surface area contributed by atoms with Gasteiger partial charge in [-0.2, -0.15) is 0 Å². The normalized spacial score (nSPS) is 12.1. The van der Waals surface area contributed by atoms with Crippen LogP contribution in [0.25, 0.3) is 0 Å². The first-order valence-electron chi connectivity index (χ1n) is 6.80. The summed E-state index contributed by atoms with van der Waals surface area (Å²) < 4.78 is 18.6. The molecule has 0 fully saturated rings. The van der Waals surface area contributed by atoms with Crippen molar-refractivity contribution in [3.63, 3.8) is 0 Å². The Bertz CT molecular complexity index is 598. The maximum absolute atomic E-state index is 13.5. The number of rotatable bonds is 6. The average Bonchev–Trinajstić information content (AvgIpc) is 2.96. The van der Waals surface area contributed by atoms with Crippen molar-refractivity contribution >= 4 is 17.3 Å².